The molecule has 26 heavy (non-hydrogen) atoms. The summed E-state index contributed by atoms with van der Waals surface area (Å²) in [5, 5.41) is 0. The predicted octanol–water partition coefficient (Wildman–Crippen LogP) is 3.22. The first kappa shape index (κ1) is 18.3. The average molecular weight is 416 g/mol. The van der Waals surface area contributed by atoms with Gasteiger partial charge in [-0.2, -0.15) is 0 Å². The molecule has 3 rings (SSSR count). The molecule has 0 N–H and O–H groups in total. The number of halogens is 1. The Kier molecular flexibility index (Phi) is 5.83. The molecule has 0 aliphatic carbocycles. The normalized spacial score (nSPS) is 16.6. The van der Waals surface area contributed by atoms with Gasteiger partial charge in [-0.3, -0.25) is 14.4 Å². The third-order valence-electron chi connectivity index (χ3n) is 4.28. The van der Waals surface area contributed by atoms with E-state index in [9.17, 15) is 14.4 Å². The number of nitrogens with zero attached hydrogens (tertiary/aromatic N) is 1. The highest BCUT2D eigenvalue weighted by atomic mass is 79.9. The number of hydrogen-bond acceptors (Lipinski definition) is 4. The first-order valence-electron chi connectivity index (χ1n) is 8.30. The number of benzene rings is 2. The van der Waals surface area contributed by atoms with Crippen molar-refractivity contribution < 1.29 is 19.1 Å². The Labute approximate surface area is 160 Å². The van der Waals surface area contributed by atoms with Crippen LogP contribution < -0.4 is 0 Å². The maximum Gasteiger partial charge on any atom is 0.311 e. The lowest BCUT2D eigenvalue weighted by Crippen LogP contribution is -2.27. The number of amides is 1. The summed E-state index contributed by atoms with van der Waals surface area (Å²) in [5.41, 5.74) is 1.49. The third-order valence-corrected chi connectivity index (χ3v) is 4.80. The van der Waals surface area contributed by atoms with E-state index in [1.54, 1.807) is 29.2 Å². The highest BCUT2D eigenvalue weighted by molar-refractivity contribution is 9.10. The van der Waals surface area contributed by atoms with Gasteiger partial charge in [-0.05, 0) is 17.7 Å². The fourth-order valence-electron chi connectivity index (χ4n) is 2.86. The largest absolute Gasteiger partial charge is 0.457 e. The van der Waals surface area contributed by atoms with Gasteiger partial charge in [-0.1, -0.05) is 58.4 Å². The van der Waals surface area contributed by atoms with Crippen LogP contribution in [0, 0.1) is 5.92 Å². The van der Waals surface area contributed by atoms with Crippen molar-refractivity contribution in [2.45, 2.75) is 13.0 Å². The molecule has 134 valence electrons. The Morgan fingerprint density at radius 1 is 1.08 bits per heavy atom. The molecule has 5 nitrogen and oxygen atoms in total. The van der Waals surface area contributed by atoms with Crippen LogP contribution >= 0.6 is 15.9 Å². The van der Waals surface area contributed by atoms with Gasteiger partial charge in [0.25, 0.3) is 0 Å². The van der Waals surface area contributed by atoms with E-state index in [-0.39, 0.29) is 24.7 Å². The zero-order valence-electron chi connectivity index (χ0n) is 14.1. The van der Waals surface area contributed by atoms with Gasteiger partial charge in [0.1, 0.15) is 0 Å². The van der Waals surface area contributed by atoms with Crippen molar-refractivity contribution >= 4 is 33.6 Å². The molecule has 0 spiro atoms. The molecule has 1 aliphatic heterocycles. The van der Waals surface area contributed by atoms with Crippen molar-refractivity contribution in [1.82, 2.24) is 4.90 Å². The zero-order chi connectivity index (χ0) is 18.5. The van der Waals surface area contributed by atoms with Crippen LogP contribution in [0.1, 0.15) is 22.3 Å². The highest BCUT2D eigenvalue weighted by Crippen LogP contribution is 2.21. The Balaban J connectivity index is 1.51. The van der Waals surface area contributed by atoms with E-state index in [4.69, 9.17) is 4.74 Å². The van der Waals surface area contributed by atoms with E-state index >= 15 is 0 Å². The Bertz CT molecular complexity index is 804. The Morgan fingerprint density at radius 2 is 1.77 bits per heavy atom. The lowest BCUT2D eigenvalue weighted by Gasteiger charge is -2.16. The van der Waals surface area contributed by atoms with E-state index in [0.717, 1.165) is 10.0 Å². The molecule has 0 radical (unpaired) electrons. The van der Waals surface area contributed by atoms with Crippen LogP contribution in [0.5, 0.6) is 0 Å². The third kappa shape index (κ3) is 4.58. The minimum absolute atomic E-state index is 0.0740. The molecule has 1 fully saturated rings. The van der Waals surface area contributed by atoms with E-state index < -0.39 is 11.9 Å². The van der Waals surface area contributed by atoms with Crippen molar-refractivity contribution in [2.75, 3.05) is 13.2 Å². The second-order valence-corrected chi connectivity index (χ2v) is 7.11. The molecule has 2 aromatic rings. The van der Waals surface area contributed by atoms with Crippen LogP contribution in [0.25, 0.3) is 0 Å². The second kappa shape index (κ2) is 8.27. The molecule has 1 aliphatic rings. The molecule has 0 aromatic heterocycles. The summed E-state index contributed by atoms with van der Waals surface area (Å²) in [5.74, 6) is -1.37. The highest BCUT2D eigenvalue weighted by Gasteiger charge is 2.35. The van der Waals surface area contributed by atoms with Crippen LogP contribution in [-0.2, 0) is 20.9 Å². The standard InChI is InChI=1S/C20H18BrNO4/c21-17-8-6-15(7-9-17)18(23)13-26-20(25)16-10-19(24)22(12-16)11-14-4-2-1-3-5-14/h1-9,16H,10-13H2/t16-/m0/s1. The Hall–Kier alpha value is -2.47. The van der Waals surface area contributed by atoms with E-state index in [2.05, 4.69) is 15.9 Å². The minimum atomic E-state index is -0.524. The number of Topliss-reactive ketones (excluding diaryl/α,β-unsaturated/α-hetero) is 1. The lowest BCUT2D eigenvalue weighted by molar-refractivity contribution is -0.147. The van der Waals surface area contributed by atoms with Gasteiger partial charge in [0.15, 0.2) is 12.4 Å². The van der Waals surface area contributed by atoms with Crippen LogP contribution in [0.15, 0.2) is 59.1 Å². The summed E-state index contributed by atoms with van der Waals surface area (Å²) >= 11 is 3.30. The number of rotatable bonds is 6. The van der Waals surface area contributed by atoms with Crippen molar-refractivity contribution in [3.05, 3.63) is 70.2 Å². The molecule has 1 amide bonds. The van der Waals surface area contributed by atoms with Gasteiger partial charge in [0, 0.05) is 29.5 Å². The van der Waals surface area contributed by atoms with Gasteiger partial charge in [-0.15, -0.1) is 0 Å². The number of esters is 1. The van der Waals surface area contributed by atoms with Gasteiger partial charge in [0.05, 0.1) is 5.92 Å². The average Bonchev–Trinajstić information content (AvgIpc) is 3.01. The molecule has 1 heterocycles. The molecule has 0 unspecified atom stereocenters. The lowest BCUT2D eigenvalue weighted by atomic mass is 10.1. The zero-order valence-corrected chi connectivity index (χ0v) is 15.6. The summed E-state index contributed by atoms with van der Waals surface area (Å²) < 4.78 is 6.01. The predicted molar refractivity (Wildman–Crippen MR) is 99.4 cm³/mol. The van der Waals surface area contributed by atoms with E-state index in [0.29, 0.717) is 18.7 Å². The smallest absolute Gasteiger partial charge is 0.311 e. The van der Waals surface area contributed by atoms with Crippen molar-refractivity contribution in [2.24, 2.45) is 5.92 Å². The van der Waals surface area contributed by atoms with Gasteiger partial charge in [0.2, 0.25) is 5.91 Å². The number of carbonyl (C=O) groups excluding carboxylic acids is 3. The molecule has 0 bridgehead atoms. The van der Waals surface area contributed by atoms with Gasteiger partial charge >= 0.3 is 5.97 Å². The summed E-state index contributed by atoms with van der Waals surface area (Å²) in [6, 6.07) is 16.5. The first-order valence-corrected chi connectivity index (χ1v) is 9.09. The van der Waals surface area contributed by atoms with E-state index in [1.807, 2.05) is 30.3 Å². The van der Waals surface area contributed by atoms with Crippen LogP contribution in [-0.4, -0.2) is 35.7 Å². The summed E-state index contributed by atoms with van der Waals surface area (Å²) in [6.07, 6.45) is 0.123. The summed E-state index contributed by atoms with van der Waals surface area (Å²) in [6.45, 7) is 0.476. The minimum Gasteiger partial charge on any atom is -0.457 e. The van der Waals surface area contributed by atoms with Crippen LogP contribution in [0.2, 0.25) is 0 Å². The topological polar surface area (TPSA) is 63.7 Å². The SMILES string of the molecule is O=C(COC(=O)[C@H]1CC(=O)N(Cc2ccccc2)C1)c1ccc(Br)cc1. The van der Waals surface area contributed by atoms with Crippen molar-refractivity contribution in [1.29, 1.82) is 0 Å². The molecule has 1 atom stereocenters. The fraction of sp³-hybridized carbons (Fsp3) is 0.250. The summed E-state index contributed by atoms with van der Waals surface area (Å²) in [4.78, 5) is 38.1. The number of likely N-dealkylation sites (tertiary alicyclic amines) is 1. The fourth-order valence-corrected chi connectivity index (χ4v) is 3.12. The van der Waals surface area contributed by atoms with Crippen LogP contribution in [0.4, 0.5) is 0 Å². The van der Waals surface area contributed by atoms with Crippen molar-refractivity contribution in [3.8, 4) is 0 Å². The van der Waals surface area contributed by atoms with Gasteiger partial charge in [-0.25, -0.2) is 0 Å². The number of ketones is 1. The van der Waals surface area contributed by atoms with Crippen LogP contribution in [0.3, 0.4) is 0 Å². The molecular formula is C20H18BrNO4. The van der Waals surface area contributed by atoms with Crippen molar-refractivity contribution in [3.63, 3.8) is 0 Å². The number of ether oxygens (including phenoxy) is 1. The maximum atomic E-state index is 12.2. The number of hydrogen-bond donors (Lipinski definition) is 0. The molecule has 0 saturated carbocycles. The quantitative estimate of drug-likeness (QED) is 0.536. The molecule has 1 saturated heterocycles. The maximum absolute atomic E-state index is 12.2. The molecular weight excluding hydrogens is 398 g/mol. The molecule has 2 aromatic carbocycles. The van der Waals surface area contributed by atoms with Gasteiger partial charge < -0.3 is 9.64 Å². The van der Waals surface area contributed by atoms with E-state index in [1.165, 1.54) is 0 Å². The number of carbonyl (C=O) groups is 3. The second-order valence-electron chi connectivity index (χ2n) is 6.20. The monoisotopic (exact) mass is 415 g/mol. The summed E-state index contributed by atoms with van der Waals surface area (Å²) in [7, 11) is 0. The molecule has 6 heteroatoms. The first-order chi connectivity index (χ1) is 12.5. The Morgan fingerprint density at radius 3 is 2.46 bits per heavy atom.